The number of amides is 2. The SMILES string of the molecule is Cc1ncc(CN2CCN(C(=O)NCc3ccc(Cl)cn3)CC2)s1. The molecule has 0 radical (unpaired) electrons. The molecule has 0 saturated carbocycles. The van der Waals surface area contributed by atoms with Gasteiger partial charge in [0.15, 0.2) is 0 Å². The molecule has 2 aromatic heterocycles. The number of carbonyl (C=O) groups excluding carboxylic acids is 1. The highest BCUT2D eigenvalue weighted by Crippen LogP contribution is 2.15. The van der Waals surface area contributed by atoms with Crippen LogP contribution in [-0.2, 0) is 13.1 Å². The van der Waals surface area contributed by atoms with Gasteiger partial charge in [-0.15, -0.1) is 11.3 Å². The number of urea groups is 1. The van der Waals surface area contributed by atoms with E-state index in [4.69, 9.17) is 11.6 Å². The van der Waals surface area contributed by atoms with Gasteiger partial charge in [-0.05, 0) is 19.1 Å². The monoisotopic (exact) mass is 365 g/mol. The number of piperazine rings is 1. The molecular formula is C16H20ClN5OS. The molecule has 0 aliphatic carbocycles. The molecule has 1 aliphatic heterocycles. The summed E-state index contributed by atoms with van der Waals surface area (Å²) in [7, 11) is 0. The van der Waals surface area contributed by atoms with Crippen LogP contribution in [0.1, 0.15) is 15.6 Å². The van der Waals surface area contributed by atoms with Gasteiger partial charge in [0.05, 0.1) is 22.3 Å². The zero-order valence-electron chi connectivity index (χ0n) is 13.5. The number of pyridine rings is 1. The van der Waals surface area contributed by atoms with Gasteiger partial charge in [0, 0.05) is 50.0 Å². The number of nitrogens with zero attached hydrogens (tertiary/aromatic N) is 4. The van der Waals surface area contributed by atoms with Crippen molar-refractivity contribution in [2.45, 2.75) is 20.0 Å². The molecule has 0 atom stereocenters. The maximum atomic E-state index is 12.2. The summed E-state index contributed by atoms with van der Waals surface area (Å²) < 4.78 is 0. The first-order valence-electron chi connectivity index (χ1n) is 7.87. The number of thiazole rings is 1. The fraction of sp³-hybridized carbons (Fsp3) is 0.438. The lowest BCUT2D eigenvalue weighted by Crippen LogP contribution is -2.51. The quantitative estimate of drug-likeness (QED) is 0.904. The Kier molecular flexibility index (Phi) is 5.65. The van der Waals surface area contributed by atoms with Crippen molar-refractivity contribution < 1.29 is 4.79 Å². The molecule has 3 heterocycles. The van der Waals surface area contributed by atoms with Crippen LogP contribution in [0.3, 0.4) is 0 Å². The maximum Gasteiger partial charge on any atom is 0.317 e. The third-order valence-electron chi connectivity index (χ3n) is 3.92. The predicted molar refractivity (Wildman–Crippen MR) is 95.2 cm³/mol. The molecule has 0 bridgehead atoms. The van der Waals surface area contributed by atoms with Gasteiger partial charge >= 0.3 is 6.03 Å². The Labute approximate surface area is 150 Å². The van der Waals surface area contributed by atoms with Crippen LogP contribution < -0.4 is 5.32 Å². The van der Waals surface area contributed by atoms with E-state index in [1.807, 2.05) is 24.1 Å². The Bertz CT molecular complexity index is 682. The van der Waals surface area contributed by atoms with Crippen LogP contribution >= 0.6 is 22.9 Å². The second kappa shape index (κ2) is 7.92. The molecule has 24 heavy (non-hydrogen) atoms. The van der Waals surface area contributed by atoms with E-state index in [1.165, 1.54) is 4.88 Å². The first-order valence-corrected chi connectivity index (χ1v) is 9.06. The Morgan fingerprint density at radius 1 is 1.25 bits per heavy atom. The molecular weight excluding hydrogens is 346 g/mol. The highest BCUT2D eigenvalue weighted by Gasteiger charge is 2.21. The Hall–Kier alpha value is -1.70. The number of carbonyl (C=O) groups is 1. The fourth-order valence-electron chi connectivity index (χ4n) is 2.60. The van der Waals surface area contributed by atoms with Crippen molar-refractivity contribution in [2.24, 2.45) is 0 Å². The van der Waals surface area contributed by atoms with Crippen LogP contribution in [0.2, 0.25) is 5.02 Å². The summed E-state index contributed by atoms with van der Waals surface area (Å²) in [6.45, 7) is 6.57. The lowest BCUT2D eigenvalue weighted by Gasteiger charge is -2.34. The Balaban J connectivity index is 1.42. The molecule has 128 valence electrons. The lowest BCUT2D eigenvalue weighted by molar-refractivity contribution is 0.135. The normalized spacial score (nSPS) is 15.5. The highest BCUT2D eigenvalue weighted by atomic mass is 35.5. The predicted octanol–water partition coefficient (Wildman–Crippen LogP) is 2.53. The van der Waals surface area contributed by atoms with Crippen molar-refractivity contribution in [2.75, 3.05) is 26.2 Å². The second-order valence-electron chi connectivity index (χ2n) is 5.74. The molecule has 1 N–H and O–H groups in total. The average Bonchev–Trinajstić information content (AvgIpc) is 2.99. The molecule has 6 nitrogen and oxygen atoms in total. The molecule has 0 spiro atoms. The largest absolute Gasteiger partial charge is 0.332 e. The minimum atomic E-state index is -0.0416. The molecule has 8 heteroatoms. The summed E-state index contributed by atoms with van der Waals surface area (Å²) in [5.41, 5.74) is 0.798. The zero-order chi connectivity index (χ0) is 16.9. The fourth-order valence-corrected chi connectivity index (χ4v) is 3.55. The van der Waals surface area contributed by atoms with E-state index in [1.54, 1.807) is 23.6 Å². The topological polar surface area (TPSA) is 61.4 Å². The third kappa shape index (κ3) is 4.66. The summed E-state index contributed by atoms with van der Waals surface area (Å²) in [5, 5.41) is 4.60. The van der Waals surface area contributed by atoms with Crippen molar-refractivity contribution in [3.8, 4) is 0 Å². The van der Waals surface area contributed by atoms with Gasteiger partial charge in [0.1, 0.15) is 0 Å². The number of hydrogen-bond donors (Lipinski definition) is 1. The molecule has 1 fully saturated rings. The summed E-state index contributed by atoms with van der Waals surface area (Å²) >= 11 is 7.54. The standard InChI is InChI=1S/C16H20ClN5OS/c1-12-18-10-15(24-12)11-21-4-6-22(7-5-21)16(23)20-9-14-3-2-13(17)8-19-14/h2-3,8,10H,4-7,9,11H2,1H3,(H,20,23). The number of rotatable bonds is 4. The van der Waals surface area contributed by atoms with Crippen LogP contribution in [0.5, 0.6) is 0 Å². The van der Waals surface area contributed by atoms with Crippen LogP contribution in [0.25, 0.3) is 0 Å². The van der Waals surface area contributed by atoms with Crippen molar-refractivity contribution >= 4 is 29.0 Å². The molecule has 0 aromatic carbocycles. The Morgan fingerprint density at radius 2 is 2.04 bits per heavy atom. The first kappa shape index (κ1) is 17.1. The molecule has 0 unspecified atom stereocenters. The molecule has 3 rings (SSSR count). The van der Waals surface area contributed by atoms with Crippen molar-refractivity contribution in [3.63, 3.8) is 0 Å². The zero-order valence-corrected chi connectivity index (χ0v) is 15.1. The van der Waals surface area contributed by atoms with E-state index in [0.29, 0.717) is 11.6 Å². The van der Waals surface area contributed by atoms with Gasteiger partial charge in [0.2, 0.25) is 0 Å². The van der Waals surface area contributed by atoms with E-state index < -0.39 is 0 Å². The summed E-state index contributed by atoms with van der Waals surface area (Å²) in [5.74, 6) is 0. The molecule has 1 aliphatic rings. The van der Waals surface area contributed by atoms with E-state index in [0.717, 1.165) is 43.4 Å². The Morgan fingerprint density at radius 3 is 2.67 bits per heavy atom. The summed E-state index contributed by atoms with van der Waals surface area (Å²) in [4.78, 5) is 26.2. The highest BCUT2D eigenvalue weighted by molar-refractivity contribution is 7.11. The summed E-state index contributed by atoms with van der Waals surface area (Å²) in [6.07, 6.45) is 3.53. The van der Waals surface area contributed by atoms with Gasteiger partial charge in [-0.1, -0.05) is 11.6 Å². The third-order valence-corrected chi connectivity index (χ3v) is 5.04. The molecule has 2 amide bonds. The number of aryl methyl sites for hydroxylation is 1. The van der Waals surface area contributed by atoms with Gasteiger partial charge in [-0.3, -0.25) is 9.88 Å². The number of aromatic nitrogens is 2. The van der Waals surface area contributed by atoms with E-state index in [9.17, 15) is 4.79 Å². The molecule has 1 saturated heterocycles. The smallest absolute Gasteiger partial charge is 0.317 e. The minimum Gasteiger partial charge on any atom is -0.332 e. The van der Waals surface area contributed by atoms with Gasteiger partial charge < -0.3 is 10.2 Å². The van der Waals surface area contributed by atoms with Crippen LogP contribution in [0.4, 0.5) is 4.79 Å². The van der Waals surface area contributed by atoms with Crippen LogP contribution in [0.15, 0.2) is 24.5 Å². The average molecular weight is 366 g/mol. The van der Waals surface area contributed by atoms with Crippen molar-refractivity contribution in [3.05, 3.63) is 45.1 Å². The summed E-state index contributed by atoms with van der Waals surface area (Å²) in [6, 6.07) is 3.55. The van der Waals surface area contributed by atoms with Crippen molar-refractivity contribution in [1.29, 1.82) is 0 Å². The lowest BCUT2D eigenvalue weighted by atomic mass is 10.3. The van der Waals surface area contributed by atoms with E-state index in [2.05, 4.69) is 20.2 Å². The second-order valence-corrected chi connectivity index (χ2v) is 7.49. The number of nitrogens with one attached hydrogen (secondary N) is 1. The van der Waals surface area contributed by atoms with Gasteiger partial charge in [-0.2, -0.15) is 0 Å². The van der Waals surface area contributed by atoms with Crippen LogP contribution in [0, 0.1) is 6.92 Å². The maximum absolute atomic E-state index is 12.2. The van der Waals surface area contributed by atoms with E-state index in [-0.39, 0.29) is 6.03 Å². The minimum absolute atomic E-state index is 0.0416. The first-order chi connectivity index (χ1) is 11.6. The van der Waals surface area contributed by atoms with Crippen LogP contribution in [-0.4, -0.2) is 52.0 Å². The van der Waals surface area contributed by atoms with Gasteiger partial charge in [-0.25, -0.2) is 9.78 Å². The number of halogens is 1. The van der Waals surface area contributed by atoms with Crippen molar-refractivity contribution in [1.82, 2.24) is 25.1 Å². The number of hydrogen-bond acceptors (Lipinski definition) is 5. The van der Waals surface area contributed by atoms with E-state index >= 15 is 0 Å². The molecule has 2 aromatic rings. The van der Waals surface area contributed by atoms with Gasteiger partial charge in [0.25, 0.3) is 0 Å².